The maximum atomic E-state index is 14.2. The first-order chi connectivity index (χ1) is 34.9. The zero-order valence-corrected chi connectivity index (χ0v) is 43.1. The number of likely N-dealkylation sites (tertiary alicyclic amines) is 1. The molecule has 8 N–H and O–H groups in total. The van der Waals surface area contributed by atoms with Gasteiger partial charge >= 0.3 is 0 Å². The summed E-state index contributed by atoms with van der Waals surface area (Å²) in [5.74, 6) is -2.18. The molecule has 3 aliphatic heterocycles. The van der Waals surface area contributed by atoms with E-state index in [0.717, 1.165) is 60.4 Å². The van der Waals surface area contributed by atoms with Crippen LogP contribution in [0, 0.1) is 12.3 Å². The first-order valence-corrected chi connectivity index (χ1v) is 26.2. The molecule has 0 radical (unpaired) electrons. The van der Waals surface area contributed by atoms with Crippen LogP contribution < -0.4 is 32.3 Å². The molecule has 1 saturated heterocycles. The number of rotatable bonds is 19. The number of aliphatic hydroxyl groups is 1. The number of benzene rings is 4. The number of hydrogen-bond donors (Lipinski definition) is 6. The van der Waals surface area contributed by atoms with E-state index in [-0.39, 0.29) is 69.0 Å². The van der Waals surface area contributed by atoms with Crippen molar-refractivity contribution in [3.63, 3.8) is 0 Å². The van der Waals surface area contributed by atoms with Gasteiger partial charge in [-0.3, -0.25) is 33.7 Å². The van der Waals surface area contributed by atoms with Gasteiger partial charge in [0.15, 0.2) is 0 Å². The third-order valence-corrected chi connectivity index (χ3v) is 15.4. The van der Waals surface area contributed by atoms with Gasteiger partial charge in [-0.2, -0.15) is 0 Å². The quantitative estimate of drug-likeness (QED) is 0.0625. The number of nitrogens with two attached hydrogens (primary N) is 2. The number of aryl methyl sites for hydroxylation is 3. The van der Waals surface area contributed by atoms with Gasteiger partial charge in [-0.15, -0.1) is 11.3 Å². The van der Waals surface area contributed by atoms with Gasteiger partial charge in [0.25, 0.3) is 0 Å². The molecule has 0 aliphatic carbocycles. The topological polar surface area (TPSA) is 239 Å². The van der Waals surface area contributed by atoms with Crippen molar-refractivity contribution in [1.29, 1.82) is 0 Å². The number of β-amino-alcohol motifs (C(OH)–C–C–N with tert-alkyl or cyclic N) is 1. The fraction of sp³-hybridized carbons (Fsp3) is 0.446. The summed E-state index contributed by atoms with van der Waals surface area (Å²) >= 11 is 1.57. The minimum absolute atomic E-state index is 0.0118. The minimum Gasteiger partial charge on any atom is -0.391 e. The Morgan fingerprint density at radius 2 is 1.67 bits per heavy atom. The molecule has 17 heteroatoms. The van der Waals surface area contributed by atoms with E-state index < -0.39 is 59.6 Å². The van der Waals surface area contributed by atoms with Crippen molar-refractivity contribution in [3.05, 3.63) is 118 Å². The Kier molecular flexibility index (Phi) is 16.4. The maximum absolute atomic E-state index is 14.2. The Labute approximate surface area is 430 Å². The summed E-state index contributed by atoms with van der Waals surface area (Å²) in [6, 6.07) is 21.9. The van der Waals surface area contributed by atoms with Crippen molar-refractivity contribution in [2.75, 3.05) is 11.4 Å². The number of aliphatic hydroxyl groups excluding tert-OH is 1. The molecule has 8 rings (SSSR count). The fourth-order valence-electron chi connectivity index (χ4n) is 10.4. The molecular weight excluding hydrogens is 945 g/mol. The number of para-hydroxylation sites is 1. The largest absolute Gasteiger partial charge is 0.391 e. The van der Waals surface area contributed by atoms with Gasteiger partial charge in [-0.25, -0.2) is 4.98 Å². The third kappa shape index (κ3) is 12.3. The van der Waals surface area contributed by atoms with E-state index in [9.17, 15) is 33.9 Å². The van der Waals surface area contributed by atoms with E-state index in [4.69, 9.17) is 16.2 Å². The smallest absolute Gasteiger partial charge is 0.246 e. The molecule has 73 heavy (non-hydrogen) atoms. The van der Waals surface area contributed by atoms with Gasteiger partial charge in [-0.1, -0.05) is 93.6 Å². The molecule has 0 spiro atoms. The number of nitrogens with zero attached hydrogens (tertiary/aromatic N) is 3. The summed E-state index contributed by atoms with van der Waals surface area (Å²) in [6.45, 7) is 9.87. The Balaban J connectivity index is 0.843. The van der Waals surface area contributed by atoms with Crippen LogP contribution in [0.5, 0.6) is 0 Å². The number of carbonyl (C=O) groups excluding carboxylic acids is 6. The highest BCUT2D eigenvalue weighted by Crippen LogP contribution is 2.39. The summed E-state index contributed by atoms with van der Waals surface area (Å²) in [5, 5.41) is 21.7. The molecule has 1 aromatic heterocycles. The molecule has 0 saturated carbocycles. The molecule has 0 bridgehead atoms. The molecule has 16 nitrogen and oxygen atoms in total. The minimum atomic E-state index is -0.933. The summed E-state index contributed by atoms with van der Waals surface area (Å²) in [5.41, 5.74) is 20.5. The molecule has 4 aromatic carbocycles. The highest BCUT2D eigenvalue weighted by molar-refractivity contribution is 7.13. The number of carbonyl (C=O) groups is 6. The van der Waals surface area contributed by atoms with Crippen LogP contribution in [0.3, 0.4) is 0 Å². The maximum Gasteiger partial charge on any atom is 0.246 e. The predicted molar refractivity (Wildman–Crippen MR) is 281 cm³/mol. The van der Waals surface area contributed by atoms with Crippen LogP contribution in [0.25, 0.3) is 21.2 Å². The van der Waals surface area contributed by atoms with Crippen molar-refractivity contribution in [2.24, 2.45) is 16.9 Å². The monoisotopic (exact) mass is 1010 g/mol. The van der Waals surface area contributed by atoms with Crippen molar-refractivity contribution >= 4 is 63.2 Å². The van der Waals surface area contributed by atoms with Crippen LogP contribution in [0.1, 0.15) is 99.7 Å². The molecule has 3 aliphatic rings. The molecule has 6 amide bonds. The molecule has 1 fully saturated rings. The average Bonchev–Trinajstić information content (AvgIpc) is 4.08. The van der Waals surface area contributed by atoms with Gasteiger partial charge in [0.1, 0.15) is 18.1 Å². The van der Waals surface area contributed by atoms with Gasteiger partial charge in [-0.05, 0) is 102 Å². The molecular formula is C56H68N8O8S. The lowest BCUT2D eigenvalue weighted by Crippen LogP contribution is -2.57. The summed E-state index contributed by atoms with van der Waals surface area (Å²) in [4.78, 5) is 89.2. The van der Waals surface area contributed by atoms with E-state index >= 15 is 0 Å². The molecule has 7 atom stereocenters. The lowest BCUT2D eigenvalue weighted by atomic mass is 9.85. The van der Waals surface area contributed by atoms with E-state index in [1.807, 2.05) is 119 Å². The normalized spacial score (nSPS) is 19.7. The Morgan fingerprint density at radius 1 is 0.932 bits per heavy atom. The third-order valence-electron chi connectivity index (χ3n) is 14.5. The van der Waals surface area contributed by atoms with Crippen LogP contribution in [0.4, 0.5) is 5.69 Å². The highest BCUT2D eigenvalue weighted by Gasteiger charge is 2.45. The van der Waals surface area contributed by atoms with E-state index in [2.05, 4.69) is 20.9 Å². The second kappa shape index (κ2) is 22.7. The zero-order chi connectivity index (χ0) is 52.1. The van der Waals surface area contributed by atoms with E-state index in [1.165, 1.54) is 4.90 Å². The Bertz CT molecular complexity index is 2860. The number of primary amides is 1. The van der Waals surface area contributed by atoms with E-state index in [0.29, 0.717) is 32.1 Å². The Hall–Kier alpha value is -6.53. The van der Waals surface area contributed by atoms with Crippen LogP contribution >= 0.6 is 11.3 Å². The van der Waals surface area contributed by atoms with Crippen molar-refractivity contribution in [1.82, 2.24) is 25.8 Å². The molecule has 5 aromatic rings. The summed E-state index contributed by atoms with van der Waals surface area (Å²) in [6.07, 6.45) is 1.77. The zero-order valence-electron chi connectivity index (χ0n) is 42.3. The molecule has 0 unspecified atom stereocenters. The predicted octanol–water partition coefficient (Wildman–Crippen LogP) is 5.29. The second-order valence-electron chi connectivity index (χ2n) is 20.9. The number of aromatic nitrogens is 1. The highest BCUT2D eigenvalue weighted by atomic mass is 32.1. The summed E-state index contributed by atoms with van der Waals surface area (Å²) < 4.78 is 6.36. The van der Waals surface area contributed by atoms with Crippen molar-refractivity contribution < 1.29 is 38.6 Å². The molecule has 4 heterocycles. The van der Waals surface area contributed by atoms with Gasteiger partial charge in [0.05, 0.1) is 52.7 Å². The SMILES string of the molecule is Cc1ncsc1-c1ccc(CNC(=O)[C@@H]2C[C@@H](O)CN2C(=O)[C@@H](NC(=O)CCCc2cccc3cc(CO[C@@H](C)[C@H](CCC(N)=O)NC(=O)[C@@H]4Cc5cccc6c5N4C(=O)[C@@H](N)CC6)ccc23)C(C)(C)C)cc1. The number of fused-ring (bicyclic) bond motifs is 1. The first-order valence-electron chi connectivity index (χ1n) is 25.3. The van der Waals surface area contributed by atoms with Crippen molar-refractivity contribution in [3.8, 4) is 10.4 Å². The van der Waals surface area contributed by atoms with Gasteiger partial charge in [0.2, 0.25) is 35.4 Å². The second-order valence-corrected chi connectivity index (χ2v) is 21.8. The van der Waals surface area contributed by atoms with Gasteiger partial charge in [0, 0.05) is 38.8 Å². The van der Waals surface area contributed by atoms with Crippen molar-refractivity contribution in [2.45, 2.75) is 148 Å². The number of amides is 6. The number of nitrogens with one attached hydrogen (secondary N) is 3. The number of hydrogen-bond acceptors (Lipinski definition) is 11. The van der Waals surface area contributed by atoms with Gasteiger partial charge < -0.3 is 42.2 Å². The van der Waals surface area contributed by atoms with Crippen LogP contribution in [-0.2, 0) is 65.9 Å². The summed E-state index contributed by atoms with van der Waals surface area (Å²) in [7, 11) is 0. The number of ether oxygens (including phenoxy) is 1. The fourth-order valence-corrected chi connectivity index (χ4v) is 11.2. The number of thiazole rings is 1. The van der Waals surface area contributed by atoms with Crippen LogP contribution in [0.2, 0.25) is 0 Å². The molecule has 386 valence electrons. The standard InChI is InChI=1S/C56H68N8O8S/c1-32-50(73-31-60-32)38-18-15-34(16-19-38)28-59-52(68)45-27-41(65)29-63(45)55(71)51(56(3,4)5)62-48(67)14-8-10-36-9-6-12-39-25-35(17-21-42(36)39)30-72-33(2)44(23-24-47(58)66)61-53(69)46-26-40-13-7-11-37-20-22-43(57)54(70)64(46)49(37)40/h6-7,9,11-13,15-19,21,25,31,33,41,43-46,51,65H,8,10,14,20,22-24,26-30,57H2,1-5H3,(H2,58,66)(H,59,68)(H,61,69)(H,62,67)/t33-,41+,43-,44-,45-,46-,51+/m0/s1. The Morgan fingerprint density at radius 3 is 2.40 bits per heavy atom. The van der Waals surface area contributed by atoms with Crippen LogP contribution in [-0.4, -0.2) is 99.4 Å². The van der Waals surface area contributed by atoms with Crippen LogP contribution in [0.15, 0.2) is 84.4 Å². The number of anilines is 1. The first kappa shape index (κ1) is 52.8. The lowest BCUT2D eigenvalue weighted by molar-refractivity contribution is -0.144. The van der Waals surface area contributed by atoms with E-state index in [1.54, 1.807) is 16.2 Å². The lowest BCUT2D eigenvalue weighted by Gasteiger charge is -2.35. The average molecular weight is 1010 g/mol.